The van der Waals surface area contributed by atoms with Crippen molar-refractivity contribution in [3.05, 3.63) is 29.8 Å². The van der Waals surface area contributed by atoms with Crippen LogP contribution < -0.4 is 15.4 Å². The van der Waals surface area contributed by atoms with E-state index in [1.54, 1.807) is 0 Å². The van der Waals surface area contributed by atoms with Gasteiger partial charge in [0.25, 0.3) is 0 Å². The first-order valence-electron chi connectivity index (χ1n) is 6.44. The maximum absolute atomic E-state index is 12.6. The number of halogens is 3. The lowest BCUT2D eigenvalue weighted by Gasteiger charge is -2.32. The number of sulfonamides is 1. The van der Waals surface area contributed by atoms with Crippen LogP contribution in [0.3, 0.4) is 0 Å². The van der Waals surface area contributed by atoms with Crippen LogP contribution in [0.4, 0.5) is 18.9 Å². The van der Waals surface area contributed by atoms with Gasteiger partial charge in [-0.25, -0.2) is 8.42 Å². The Morgan fingerprint density at radius 2 is 1.96 bits per heavy atom. The Balaban J connectivity index is 2.26. The Kier molecular flexibility index (Phi) is 4.55. The molecular weight excluding hydrogens is 339 g/mol. The van der Waals surface area contributed by atoms with Crippen molar-refractivity contribution < 1.29 is 31.5 Å². The highest BCUT2D eigenvalue weighted by Crippen LogP contribution is 2.31. The van der Waals surface area contributed by atoms with E-state index in [1.165, 1.54) is 6.92 Å². The van der Waals surface area contributed by atoms with E-state index >= 15 is 0 Å². The Morgan fingerprint density at radius 3 is 2.52 bits per heavy atom. The van der Waals surface area contributed by atoms with E-state index in [2.05, 4.69) is 5.32 Å². The highest BCUT2D eigenvalue weighted by molar-refractivity contribution is 7.94. The van der Waals surface area contributed by atoms with Gasteiger partial charge in [0.1, 0.15) is 0 Å². The Labute approximate surface area is 129 Å². The fraction of sp³-hybridized carbons (Fsp3) is 0.417. The summed E-state index contributed by atoms with van der Waals surface area (Å²) < 4.78 is 64.4. The van der Waals surface area contributed by atoms with Gasteiger partial charge >= 0.3 is 6.18 Å². The number of hydrogen-bond donors (Lipinski definition) is 4. The number of aliphatic hydroxyl groups is 1. The number of rotatable bonds is 3. The maximum atomic E-state index is 12.6. The van der Waals surface area contributed by atoms with Gasteiger partial charge in [-0.2, -0.15) is 13.2 Å². The predicted octanol–water partition coefficient (Wildman–Crippen LogP) is 0.199. The van der Waals surface area contributed by atoms with Gasteiger partial charge in [0, 0.05) is 11.7 Å². The van der Waals surface area contributed by atoms with Gasteiger partial charge in [0.05, 0.1) is 5.56 Å². The van der Waals surface area contributed by atoms with Crippen molar-refractivity contribution >= 4 is 21.6 Å². The summed E-state index contributed by atoms with van der Waals surface area (Å²) in [6, 6.07) is 2.67. The monoisotopic (exact) mass is 353 g/mol. The van der Waals surface area contributed by atoms with Crippen molar-refractivity contribution in [2.75, 3.05) is 4.72 Å². The number of carbonyl (C=O) groups is 1. The summed E-state index contributed by atoms with van der Waals surface area (Å²) in [6.45, 7) is 1.36. The third kappa shape index (κ3) is 3.92. The zero-order chi connectivity index (χ0) is 17.4. The lowest BCUT2D eigenvalue weighted by molar-refractivity contribution is -0.137. The molecule has 128 valence electrons. The molecule has 0 aromatic heterocycles. The molecule has 0 saturated carbocycles. The molecule has 0 bridgehead atoms. The van der Waals surface area contributed by atoms with Crippen molar-refractivity contribution in [3.63, 3.8) is 0 Å². The van der Waals surface area contributed by atoms with Crippen LogP contribution in [-0.2, 0) is 21.0 Å². The molecule has 1 aromatic rings. The Morgan fingerprint density at radius 1 is 1.30 bits per heavy atom. The summed E-state index contributed by atoms with van der Waals surface area (Å²) in [6.07, 6.45) is -6.01. The van der Waals surface area contributed by atoms with Gasteiger partial charge in [0.2, 0.25) is 15.9 Å². The van der Waals surface area contributed by atoms with Crippen LogP contribution in [0.15, 0.2) is 24.3 Å². The lowest BCUT2D eigenvalue weighted by atomic mass is 10.2. The molecule has 2 rings (SSSR count). The summed E-state index contributed by atoms with van der Waals surface area (Å²) in [5.41, 5.74) is -1.33. The molecule has 23 heavy (non-hydrogen) atoms. The number of hydrogen-bond acceptors (Lipinski definition) is 5. The standard InChI is InChI=1S/C12H14F3N3O4S/c1-6-9(10(19)17-11(20)16-6)23(21,22)18-8-4-2-3-7(5-8)12(13,14)15/h2-6,9,11,16,18,20H,1H3,(H,17,19). The first-order valence-corrected chi connectivity index (χ1v) is 7.99. The van der Waals surface area contributed by atoms with Crippen LogP contribution in [0.25, 0.3) is 0 Å². The third-order valence-corrected chi connectivity index (χ3v) is 5.01. The smallest absolute Gasteiger partial charge is 0.361 e. The molecule has 0 radical (unpaired) electrons. The Hall–Kier alpha value is -1.85. The number of benzene rings is 1. The average Bonchev–Trinajstić information content (AvgIpc) is 2.35. The minimum absolute atomic E-state index is 0.314. The van der Waals surface area contributed by atoms with E-state index in [0.29, 0.717) is 6.07 Å². The van der Waals surface area contributed by atoms with E-state index < -0.39 is 45.3 Å². The zero-order valence-corrected chi connectivity index (χ0v) is 12.6. The average molecular weight is 353 g/mol. The summed E-state index contributed by atoms with van der Waals surface area (Å²) in [5, 5.41) is 12.1. The largest absolute Gasteiger partial charge is 0.416 e. The van der Waals surface area contributed by atoms with Crippen LogP contribution in [0.1, 0.15) is 12.5 Å². The number of aliphatic hydroxyl groups excluding tert-OH is 1. The predicted molar refractivity (Wildman–Crippen MR) is 74.5 cm³/mol. The van der Waals surface area contributed by atoms with E-state index in [4.69, 9.17) is 0 Å². The second-order valence-electron chi connectivity index (χ2n) is 5.01. The first kappa shape index (κ1) is 17.5. The highest BCUT2D eigenvalue weighted by Gasteiger charge is 2.42. The molecular formula is C12H14F3N3O4S. The second-order valence-corrected chi connectivity index (χ2v) is 6.81. The molecule has 1 fully saturated rings. The van der Waals surface area contributed by atoms with Crippen LogP contribution in [0, 0.1) is 0 Å². The Bertz CT molecular complexity index is 708. The molecule has 1 aromatic carbocycles. The molecule has 11 heteroatoms. The normalized spacial score (nSPS) is 25.8. The summed E-state index contributed by atoms with van der Waals surface area (Å²) >= 11 is 0. The van der Waals surface area contributed by atoms with Crippen molar-refractivity contribution in [3.8, 4) is 0 Å². The molecule has 1 aliphatic rings. The van der Waals surface area contributed by atoms with Gasteiger partial charge in [-0.15, -0.1) is 0 Å². The van der Waals surface area contributed by atoms with Gasteiger partial charge in [-0.05, 0) is 25.1 Å². The van der Waals surface area contributed by atoms with E-state index in [1.807, 2.05) is 10.0 Å². The van der Waals surface area contributed by atoms with Crippen LogP contribution in [-0.4, -0.2) is 37.1 Å². The third-order valence-electron chi connectivity index (χ3n) is 3.20. The number of nitrogens with one attached hydrogen (secondary N) is 3. The van der Waals surface area contributed by atoms with E-state index in [9.17, 15) is 31.5 Å². The van der Waals surface area contributed by atoms with Gasteiger partial charge < -0.3 is 10.4 Å². The quantitative estimate of drug-likeness (QED) is 0.621. The lowest BCUT2D eigenvalue weighted by Crippen LogP contribution is -2.65. The maximum Gasteiger partial charge on any atom is 0.416 e. The summed E-state index contributed by atoms with van der Waals surface area (Å²) in [5.74, 6) is -0.955. The van der Waals surface area contributed by atoms with Gasteiger partial charge in [-0.3, -0.25) is 14.8 Å². The van der Waals surface area contributed by atoms with Crippen LogP contribution in [0.5, 0.6) is 0 Å². The molecule has 3 atom stereocenters. The zero-order valence-electron chi connectivity index (χ0n) is 11.8. The molecule has 3 unspecified atom stereocenters. The van der Waals surface area contributed by atoms with Crippen molar-refractivity contribution in [1.29, 1.82) is 0 Å². The van der Waals surface area contributed by atoms with Crippen molar-refractivity contribution in [1.82, 2.24) is 10.6 Å². The minimum Gasteiger partial charge on any atom is -0.361 e. The van der Waals surface area contributed by atoms with Crippen molar-refractivity contribution in [2.45, 2.75) is 30.7 Å². The van der Waals surface area contributed by atoms with E-state index in [0.717, 1.165) is 18.2 Å². The number of anilines is 1. The van der Waals surface area contributed by atoms with E-state index in [-0.39, 0.29) is 5.69 Å². The fourth-order valence-corrected chi connectivity index (χ4v) is 3.77. The SMILES string of the molecule is CC1NC(O)NC(=O)C1S(=O)(=O)Nc1cccc(C(F)(F)F)c1. The number of carbonyl (C=O) groups excluding carboxylic acids is 1. The summed E-state index contributed by atoms with van der Waals surface area (Å²) in [7, 11) is -4.32. The number of amides is 1. The van der Waals surface area contributed by atoms with Gasteiger partial charge in [-0.1, -0.05) is 6.07 Å². The molecule has 0 aliphatic carbocycles. The second kappa shape index (κ2) is 5.98. The molecule has 7 nitrogen and oxygen atoms in total. The molecule has 0 spiro atoms. The minimum atomic E-state index is -4.62. The molecule has 4 N–H and O–H groups in total. The van der Waals surface area contributed by atoms with Gasteiger partial charge in [0.15, 0.2) is 11.6 Å². The number of alkyl halides is 3. The molecule has 1 saturated heterocycles. The summed E-state index contributed by atoms with van der Waals surface area (Å²) in [4.78, 5) is 11.8. The fourth-order valence-electron chi connectivity index (χ4n) is 2.22. The van der Waals surface area contributed by atoms with Crippen LogP contribution >= 0.6 is 0 Å². The molecule has 1 amide bonds. The van der Waals surface area contributed by atoms with Crippen LogP contribution in [0.2, 0.25) is 0 Å². The van der Waals surface area contributed by atoms with Crippen molar-refractivity contribution in [2.24, 2.45) is 0 Å². The topological polar surface area (TPSA) is 108 Å². The first-order chi connectivity index (χ1) is 10.5. The molecule has 1 heterocycles. The highest BCUT2D eigenvalue weighted by atomic mass is 32.2. The molecule has 1 aliphatic heterocycles.